The van der Waals surface area contributed by atoms with E-state index in [9.17, 15) is 9.59 Å². The Morgan fingerprint density at radius 3 is 2.53 bits per heavy atom. The molecule has 0 unspecified atom stereocenters. The molecule has 0 radical (unpaired) electrons. The molecule has 3 aliphatic rings. The zero-order valence-corrected chi connectivity index (χ0v) is 11.0. The number of hydrogen-bond donors (Lipinski definition) is 0. The Kier molecular flexibility index (Phi) is 1.91. The van der Waals surface area contributed by atoms with Crippen LogP contribution in [-0.4, -0.2) is 11.6 Å². The minimum absolute atomic E-state index is 0.0204. The van der Waals surface area contributed by atoms with Crippen LogP contribution in [-0.2, 0) is 9.59 Å². The van der Waals surface area contributed by atoms with Gasteiger partial charge in [0.1, 0.15) is 0 Å². The minimum atomic E-state index is -0.659. The molecule has 17 heavy (non-hydrogen) atoms. The van der Waals surface area contributed by atoms with Crippen molar-refractivity contribution in [3.63, 3.8) is 0 Å². The summed E-state index contributed by atoms with van der Waals surface area (Å²) in [4.78, 5) is 25.3. The van der Waals surface area contributed by atoms with Gasteiger partial charge in [0.2, 0.25) is 0 Å². The van der Waals surface area contributed by atoms with Crippen LogP contribution >= 0.6 is 0 Å². The smallest absolute Gasteiger partial charge is 0.169 e. The van der Waals surface area contributed by atoms with Gasteiger partial charge < -0.3 is 0 Å². The molecule has 4 atom stereocenters. The predicted molar refractivity (Wildman–Crippen MR) is 65.4 cm³/mol. The van der Waals surface area contributed by atoms with Crippen molar-refractivity contribution in [1.82, 2.24) is 0 Å². The summed E-state index contributed by atoms with van der Waals surface area (Å²) >= 11 is 0. The van der Waals surface area contributed by atoms with E-state index in [0.29, 0.717) is 0 Å². The molecule has 3 rings (SSSR count). The van der Waals surface area contributed by atoms with Crippen LogP contribution in [0.15, 0.2) is 11.6 Å². The molecular weight excluding hydrogens is 212 g/mol. The third-order valence-corrected chi connectivity index (χ3v) is 5.75. The highest BCUT2D eigenvalue weighted by Gasteiger charge is 2.72. The molecule has 92 valence electrons. The maximum Gasteiger partial charge on any atom is 0.169 e. The average Bonchev–Trinajstić information content (AvgIpc) is 2.60. The first-order chi connectivity index (χ1) is 7.84. The second kappa shape index (κ2) is 2.90. The highest BCUT2D eigenvalue weighted by molar-refractivity contribution is 6.18. The molecule has 2 heteroatoms. The molecule has 0 aromatic heterocycles. The van der Waals surface area contributed by atoms with E-state index in [1.165, 1.54) is 0 Å². The molecule has 0 aromatic rings. The Hall–Kier alpha value is -0.920. The van der Waals surface area contributed by atoms with Gasteiger partial charge in [-0.1, -0.05) is 26.3 Å². The van der Waals surface area contributed by atoms with E-state index in [1.54, 1.807) is 6.08 Å². The summed E-state index contributed by atoms with van der Waals surface area (Å²) in [5.41, 5.74) is 0.277. The molecule has 0 N–H and O–H groups in total. The van der Waals surface area contributed by atoms with E-state index in [0.717, 1.165) is 18.4 Å². The molecule has 0 heterocycles. The van der Waals surface area contributed by atoms with Crippen molar-refractivity contribution in [3.8, 4) is 0 Å². The van der Waals surface area contributed by atoms with E-state index >= 15 is 0 Å². The molecule has 0 aromatic carbocycles. The second-order valence-electron chi connectivity index (χ2n) is 6.77. The molecule has 2 nitrogen and oxygen atoms in total. The topological polar surface area (TPSA) is 34.1 Å². The van der Waals surface area contributed by atoms with Crippen molar-refractivity contribution in [3.05, 3.63) is 11.6 Å². The average molecular weight is 232 g/mol. The van der Waals surface area contributed by atoms with Crippen molar-refractivity contribution in [2.45, 2.75) is 40.5 Å². The lowest BCUT2D eigenvalue weighted by molar-refractivity contribution is -0.141. The van der Waals surface area contributed by atoms with Crippen LogP contribution in [0.3, 0.4) is 0 Å². The molecule has 3 aliphatic carbocycles. The van der Waals surface area contributed by atoms with E-state index in [1.807, 2.05) is 6.92 Å². The number of ketones is 2. The van der Waals surface area contributed by atoms with Crippen LogP contribution in [0.25, 0.3) is 0 Å². The van der Waals surface area contributed by atoms with E-state index in [-0.39, 0.29) is 34.7 Å². The van der Waals surface area contributed by atoms with Crippen molar-refractivity contribution in [2.24, 2.45) is 28.6 Å². The second-order valence-corrected chi connectivity index (χ2v) is 6.77. The Morgan fingerprint density at radius 2 is 1.88 bits per heavy atom. The van der Waals surface area contributed by atoms with Crippen molar-refractivity contribution in [1.29, 1.82) is 0 Å². The summed E-state index contributed by atoms with van der Waals surface area (Å²) < 4.78 is 0. The fourth-order valence-corrected chi connectivity index (χ4v) is 5.11. The van der Waals surface area contributed by atoms with Gasteiger partial charge in [-0.15, -0.1) is 0 Å². The maximum atomic E-state index is 12.8. The molecule has 0 saturated heterocycles. The first kappa shape index (κ1) is 11.2. The van der Waals surface area contributed by atoms with Gasteiger partial charge >= 0.3 is 0 Å². The number of carbonyl (C=O) groups is 2. The van der Waals surface area contributed by atoms with Gasteiger partial charge in [-0.2, -0.15) is 0 Å². The lowest BCUT2D eigenvalue weighted by Crippen LogP contribution is -2.44. The summed E-state index contributed by atoms with van der Waals surface area (Å²) in [5, 5.41) is 0. The first-order valence-corrected chi connectivity index (χ1v) is 6.61. The maximum absolute atomic E-state index is 12.8. The molecule has 2 saturated carbocycles. The molecule has 0 amide bonds. The number of rotatable bonds is 0. The standard InChI is InChI=1S/C15H20O2/c1-8-7-11(16)15-9(2)5-6-10(15)14(3,4)12(8)13(15)17/h7,9-10,12H,5-6H2,1-4H3/t9-,10+,12-,15+/m1/s1. The Labute approximate surface area is 102 Å². The van der Waals surface area contributed by atoms with Crippen LogP contribution < -0.4 is 0 Å². The summed E-state index contributed by atoms with van der Waals surface area (Å²) in [6, 6.07) is 0. The lowest BCUT2D eigenvalue weighted by Gasteiger charge is -2.33. The largest absolute Gasteiger partial charge is 0.298 e. The van der Waals surface area contributed by atoms with Crippen molar-refractivity contribution >= 4 is 11.6 Å². The number of hydrogen-bond acceptors (Lipinski definition) is 2. The van der Waals surface area contributed by atoms with Crippen LogP contribution in [0.5, 0.6) is 0 Å². The van der Waals surface area contributed by atoms with Crippen molar-refractivity contribution < 1.29 is 9.59 Å². The van der Waals surface area contributed by atoms with Gasteiger partial charge in [-0.05, 0) is 43.1 Å². The fraction of sp³-hybridized carbons (Fsp3) is 0.733. The SMILES string of the molecule is CC1=CC(=O)[C@@]23C(=O)[C@@H]1C(C)(C)[C@@H]2CC[C@H]3C. The van der Waals surface area contributed by atoms with Gasteiger partial charge in [0.25, 0.3) is 0 Å². The molecular formula is C15H20O2. The van der Waals surface area contributed by atoms with E-state index in [4.69, 9.17) is 0 Å². The van der Waals surface area contributed by atoms with Gasteiger partial charge in [0.15, 0.2) is 11.6 Å². The molecule has 2 fully saturated rings. The Bertz CT molecular complexity index is 458. The lowest BCUT2D eigenvalue weighted by atomic mass is 9.66. The minimum Gasteiger partial charge on any atom is -0.298 e. The zero-order valence-electron chi connectivity index (χ0n) is 11.0. The third-order valence-electron chi connectivity index (χ3n) is 5.75. The summed E-state index contributed by atoms with van der Waals surface area (Å²) in [6.07, 6.45) is 3.81. The highest BCUT2D eigenvalue weighted by atomic mass is 16.2. The highest BCUT2D eigenvalue weighted by Crippen LogP contribution is 2.68. The van der Waals surface area contributed by atoms with Gasteiger partial charge in [-0.25, -0.2) is 0 Å². The Balaban J connectivity index is 2.30. The fourth-order valence-electron chi connectivity index (χ4n) is 5.11. The third kappa shape index (κ3) is 0.951. The van der Waals surface area contributed by atoms with Crippen LogP contribution in [0.4, 0.5) is 0 Å². The summed E-state index contributed by atoms with van der Waals surface area (Å²) in [6.45, 7) is 8.38. The van der Waals surface area contributed by atoms with Crippen LogP contribution in [0.2, 0.25) is 0 Å². The molecule has 2 bridgehead atoms. The number of fused-ring (bicyclic) bond motifs is 1. The summed E-state index contributed by atoms with van der Waals surface area (Å²) in [5.74, 6) is 0.775. The normalized spacial score (nSPS) is 47.1. The van der Waals surface area contributed by atoms with Crippen LogP contribution in [0, 0.1) is 28.6 Å². The summed E-state index contributed by atoms with van der Waals surface area (Å²) in [7, 11) is 0. The molecule has 1 spiro atoms. The van der Waals surface area contributed by atoms with Gasteiger partial charge in [0, 0.05) is 5.92 Å². The number of allylic oxidation sites excluding steroid dienone is 2. The predicted octanol–water partition coefficient (Wildman–Crippen LogP) is 2.77. The zero-order chi connectivity index (χ0) is 12.6. The van der Waals surface area contributed by atoms with E-state index in [2.05, 4.69) is 20.8 Å². The van der Waals surface area contributed by atoms with Crippen molar-refractivity contribution in [2.75, 3.05) is 0 Å². The monoisotopic (exact) mass is 232 g/mol. The van der Waals surface area contributed by atoms with Gasteiger partial charge in [-0.3, -0.25) is 9.59 Å². The first-order valence-electron chi connectivity index (χ1n) is 6.61. The quantitative estimate of drug-likeness (QED) is 0.602. The van der Waals surface area contributed by atoms with Gasteiger partial charge in [0.05, 0.1) is 5.41 Å². The van der Waals surface area contributed by atoms with E-state index < -0.39 is 5.41 Å². The molecule has 0 aliphatic heterocycles. The Morgan fingerprint density at radius 1 is 1.24 bits per heavy atom. The van der Waals surface area contributed by atoms with Crippen LogP contribution in [0.1, 0.15) is 40.5 Å². The number of Topliss-reactive ketones (excluding diaryl/α,β-unsaturated/α-hetero) is 1. The number of carbonyl (C=O) groups excluding carboxylic acids is 2.